The Bertz CT molecular complexity index is 1480. The minimum atomic E-state index is -0.437. The highest BCUT2D eigenvalue weighted by molar-refractivity contribution is 9.10. The molecule has 6 nitrogen and oxygen atoms in total. The molecule has 3 aromatic carbocycles. The van der Waals surface area contributed by atoms with Gasteiger partial charge in [0.15, 0.2) is 16.5 Å². The summed E-state index contributed by atoms with van der Waals surface area (Å²) in [5.74, 6) is 0.148. The first-order chi connectivity index (χ1) is 15.5. The van der Waals surface area contributed by atoms with E-state index < -0.39 is 5.91 Å². The van der Waals surface area contributed by atoms with Gasteiger partial charge in [0.25, 0.3) is 5.91 Å². The molecule has 2 heterocycles. The van der Waals surface area contributed by atoms with Gasteiger partial charge < -0.3 is 14.2 Å². The van der Waals surface area contributed by atoms with Crippen LogP contribution in [-0.4, -0.2) is 16.0 Å². The lowest BCUT2D eigenvalue weighted by atomic mass is 10.2. The molecule has 0 fully saturated rings. The molecular weight excluding hydrogens is 514 g/mol. The SMILES string of the molecule is O=C(NC(=S)Nc1ccc2oc(-c3cc(Br)ccc3Cl)nc2c1)c1cc2ccccc2o1. The van der Waals surface area contributed by atoms with E-state index in [1.165, 1.54) is 0 Å². The molecule has 0 spiro atoms. The molecule has 0 aliphatic heterocycles. The Morgan fingerprint density at radius 3 is 2.69 bits per heavy atom. The smallest absolute Gasteiger partial charge is 0.293 e. The van der Waals surface area contributed by atoms with E-state index in [-0.39, 0.29) is 10.9 Å². The second kappa shape index (κ2) is 8.38. The molecular formula is C23H13BrClN3O3S. The Hall–Kier alpha value is -3.20. The number of hydrogen-bond donors (Lipinski definition) is 2. The summed E-state index contributed by atoms with van der Waals surface area (Å²) in [7, 11) is 0. The lowest BCUT2D eigenvalue weighted by molar-refractivity contribution is 0.0953. The molecule has 0 saturated heterocycles. The number of nitrogens with one attached hydrogen (secondary N) is 2. The van der Waals surface area contributed by atoms with Crippen molar-refractivity contribution in [2.75, 3.05) is 5.32 Å². The van der Waals surface area contributed by atoms with Gasteiger partial charge in [0, 0.05) is 15.5 Å². The molecule has 9 heteroatoms. The van der Waals surface area contributed by atoms with Crippen LogP contribution in [0.3, 0.4) is 0 Å². The van der Waals surface area contributed by atoms with Gasteiger partial charge in [-0.15, -0.1) is 0 Å². The number of para-hydroxylation sites is 1. The molecule has 2 N–H and O–H groups in total. The van der Waals surface area contributed by atoms with Crippen molar-refractivity contribution in [2.45, 2.75) is 0 Å². The summed E-state index contributed by atoms with van der Waals surface area (Å²) in [6.45, 7) is 0. The first-order valence-corrected chi connectivity index (χ1v) is 11.0. The number of hydrogen-bond acceptors (Lipinski definition) is 5. The molecule has 2 aromatic heterocycles. The first-order valence-electron chi connectivity index (χ1n) is 9.43. The Morgan fingerprint density at radius 1 is 1.00 bits per heavy atom. The molecule has 0 radical (unpaired) electrons. The zero-order valence-corrected chi connectivity index (χ0v) is 19.3. The second-order valence-corrected chi connectivity index (χ2v) is 8.61. The maximum absolute atomic E-state index is 12.5. The van der Waals surface area contributed by atoms with Crippen LogP contribution in [-0.2, 0) is 0 Å². The minimum Gasteiger partial charge on any atom is -0.451 e. The van der Waals surface area contributed by atoms with E-state index in [1.54, 1.807) is 36.4 Å². The van der Waals surface area contributed by atoms with Crippen LogP contribution in [0.4, 0.5) is 5.69 Å². The largest absolute Gasteiger partial charge is 0.451 e. The highest BCUT2D eigenvalue weighted by Crippen LogP contribution is 2.33. The van der Waals surface area contributed by atoms with E-state index in [2.05, 4.69) is 31.5 Å². The lowest BCUT2D eigenvalue weighted by Gasteiger charge is -2.08. The van der Waals surface area contributed by atoms with E-state index in [1.807, 2.05) is 30.3 Å². The number of anilines is 1. The first kappa shape index (κ1) is 20.7. The number of rotatable bonds is 3. The third-order valence-corrected chi connectivity index (χ3v) is 5.71. The molecule has 1 amide bonds. The van der Waals surface area contributed by atoms with Gasteiger partial charge in [0.1, 0.15) is 11.1 Å². The average molecular weight is 527 g/mol. The lowest BCUT2D eigenvalue weighted by Crippen LogP contribution is -2.33. The summed E-state index contributed by atoms with van der Waals surface area (Å²) in [6, 6.07) is 19.8. The molecule has 0 bridgehead atoms. The van der Waals surface area contributed by atoms with Crippen molar-refractivity contribution >= 4 is 78.5 Å². The summed E-state index contributed by atoms with van der Waals surface area (Å²) in [5.41, 5.74) is 3.17. The summed E-state index contributed by atoms with van der Waals surface area (Å²) in [5, 5.41) is 7.11. The highest BCUT2D eigenvalue weighted by atomic mass is 79.9. The molecule has 5 aromatic rings. The van der Waals surface area contributed by atoms with Gasteiger partial charge in [-0.05, 0) is 60.7 Å². The highest BCUT2D eigenvalue weighted by Gasteiger charge is 2.15. The molecule has 0 aliphatic carbocycles. The van der Waals surface area contributed by atoms with E-state index >= 15 is 0 Å². The van der Waals surface area contributed by atoms with E-state index in [9.17, 15) is 4.79 Å². The quantitative estimate of drug-likeness (QED) is 0.252. The number of carbonyl (C=O) groups excluding carboxylic acids is 1. The van der Waals surface area contributed by atoms with Crippen LogP contribution in [0, 0.1) is 0 Å². The number of fused-ring (bicyclic) bond motifs is 2. The average Bonchev–Trinajstić information content (AvgIpc) is 3.39. The number of furan rings is 1. The summed E-state index contributed by atoms with van der Waals surface area (Å²) in [4.78, 5) is 17.0. The van der Waals surface area contributed by atoms with Crippen molar-refractivity contribution in [3.63, 3.8) is 0 Å². The fourth-order valence-corrected chi connectivity index (χ4v) is 3.97. The Labute approximate surface area is 200 Å². The number of aromatic nitrogens is 1. The van der Waals surface area contributed by atoms with Gasteiger partial charge in [-0.2, -0.15) is 0 Å². The topological polar surface area (TPSA) is 80.3 Å². The van der Waals surface area contributed by atoms with E-state index in [0.29, 0.717) is 38.8 Å². The zero-order chi connectivity index (χ0) is 22.2. The predicted octanol–water partition coefficient (Wildman–Crippen LogP) is 6.78. The monoisotopic (exact) mass is 525 g/mol. The number of nitrogens with zero attached hydrogens (tertiary/aromatic N) is 1. The maximum atomic E-state index is 12.5. The van der Waals surface area contributed by atoms with Crippen molar-refractivity contribution < 1.29 is 13.6 Å². The molecule has 5 rings (SSSR count). The predicted molar refractivity (Wildman–Crippen MR) is 132 cm³/mol. The number of benzene rings is 3. The molecule has 0 unspecified atom stereocenters. The van der Waals surface area contributed by atoms with Crippen LogP contribution < -0.4 is 10.6 Å². The van der Waals surface area contributed by atoms with Crippen LogP contribution in [0.1, 0.15) is 10.6 Å². The van der Waals surface area contributed by atoms with Crippen LogP contribution >= 0.6 is 39.7 Å². The third-order valence-electron chi connectivity index (χ3n) is 4.68. The van der Waals surface area contributed by atoms with E-state index in [0.717, 1.165) is 9.86 Å². The normalized spacial score (nSPS) is 11.1. The van der Waals surface area contributed by atoms with Gasteiger partial charge in [-0.25, -0.2) is 4.98 Å². The second-order valence-electron chi connectivity index (χ2n) is 6.88. The van der Waals surface area contributed by atoms with Crippen LogP contribution in [0.25, 0.3) is 33.5 Å². The molecule has 0 atom stereocenters. The zero-order valence-electron chi connectivity index (χ0n) is 16.2. The Balaban J connectivity index is 1.33. The number of carbonyl (C=O) groups is 1. The number of oxazole rings is 1. The van der Waals surface area contributed by atoms with Crippen molar-refractivity contribution in [3.05, 3.63) is 82.0 Å². The van der Waals surface area contributed by atoms with Crippen molar-refractivity contribution in [3.8, 4) is 11.5 Å². The third kappa shape index (κ3) is 4.12. The number of amides is 1. The Morgan fingerprint density at radius 2 is 1.84 bits per heavy atom. The molecule has 0 saturated carbocycles. The van der Waals surface area contributed by atoms with Gasteiger partial charge in [0.05, 0.1) is 10.6 Å². The Kier molecular flexibility index (Phi) is 5.42. The summed E-state index contributed by atoms with van der Waals surface area (Å²) < 4.78 is 12.3. The number of halogens is 2. The molecule has 158 valence electrons. The van der Waals surface area contributed by atoms with Gasteiger partial charge in [0.2, 0.25) is 5.89 Å². The van der Waals surface area contributed by atoms with E-state index in [4.69, 9.17) is 32.7 Å². The summed E-state index contributed by atoms with van der Waals surface area (Å²) in [6.07, 6.45) is 0. The fraction of sp³-hybridized carbons (Fsp3) is 0. The fourth-order valence-electron chi connectivity index (χ4n) is 3.20. The van der Waals surface area contributed by atoms with Gasteiger partial charge in [-0.3, -0.25) is 10.1 Å². The van der Waals surface area contributed by atoms with Gasteiger partial charge in [-0.1, -0.05) is 45.7 Å². The molecule has 32 heavy (non-hydrogen) atoms. The minimum absolute atomic E-state index is 0.133. The van der Waals surface area contributed by atoms with Crippen molar-refractivity contribution in [2.24, 2.45) is 0 Å². The summed E-state index contributed by atoms with van der Waals surface area (Å²) >= 11 is 15.0. The molecule has 0 aliphatic rings. The van der Waals surface area contributed by atoms with Crippen LogP contribution in [0.2, 0.25) is 5.02 Å². The maximum Gasteiger partial charge on any atom is 0.293 e. The van der Waals surface area contributed by atoms with Crippen molar-refractivity contribution in [1.82, 2.24) is 10.3 Å². The van der Waals surface area contributed by atoms with Gasteiger partial charge >= 0.3 is 0 Å². The van der Waals surface area contributed by atoms with Crippen molar-refractivity contribution in [1.29, 1.82) is 0 Å². The van der Waals surface area contributed by atoms with Crippen LogP contribution in [0.5, 0.6) is 0 Å². The standard InChI is InChI=1S/C23H13BrClN3O3S/c24-13-5-7-16(25)15(10-13)22-27-17-11-14(6-8-19(17)31-22)26-23(32)28-21(29)20-9-12-3-1-2-4-18(12)30-20/h1-11H,(H2,26,28,29,32). The number of thiocarbonyl (C=S) groups is 1. The van der Waals surface area contributed by atoms with Crippen LogP contribution in [0.15, 0.2) is 80.0 Å².